The Bertz CT molecular complexity index is 905. The van der Waals surface area contributed by atoms with E-state index in [9.17, 15) is 0 Å². The van der Waals surface area contributed by atoms with E-state index in [2.05, 4.69) is 31.6 Å². The van der Waals surface area contributed by atoms with Crippen molar-refractivity contribution in [1.29, 1.82) is 5.26 Å². The van der Waals surface area contributed by atoms with Crippen LogP contribution in [0.15, 0.2) is 24.4 Å². The van der Waals surface area contributed by atoms with Crippen molar-refractivity contribution < 1.29 is 0 Å². The number of anilines is 2. The number of hydrogen-bond acceptors (Lipinski definition) is 6. The van der Waals surface area contributed by atoms with E-state index in [0.717, 1.165) is 10.6 Å². The van der Waals surface area contributed by atoms with Gasteiger partial charge in [0.05, 0.1) is 11.1 Å². The van der Waals surface area contributed by atoms with Crippen molar-refractivity contribution in [2.24, 2.45) is 0 Å². The molecule has 0 radical (unpaired) electrons. The molecule has 8 heteroatoms. The predicted molar refractivity (Wildman–Crippen MR) is 88.9 cm³/mol. The first-order valence-electron chi connectivity index (χ1n) is 7.08. The van der Waals surface area contributed by atoms with E-state index < -0.39 is 0 Å². The van der Waals surface area contributed by atoms with Crippen molar-refractivity contribution in [2.45, 2.75) is 18.8 Å². The quantitative estimate of drug-likeness (QED) is 0.745. The number of hydrogen-bond donors (Lipinski definition) is 2. The van der Waals surface area contributed by atoms with Gasteiger partial charge in [0.2, 0.25) is 0 Å². The highest BCUT2D eigenvalue weighted by molar-refractivity contribution is 7.15. The van der Waals surface area contributed by atoms with Crippen LogP contribution < -0.4 is 5.32 Å². The topological polar surface area (TPSA) is 90.3 Å². The summed E-state index contributed by atoms with van der Waals surface area (Å²) >= 11 is 7.52. The molecule has 0 spiro atoms. The molecule has 3 heterocycles. The molecule has 23 heavy (non-hydrogen) atoms. The predicted octanol–water partition coefficient (Wildman–Crippen LogP) is 4.07. The molecule has 1 aliphatic carbocycles. The zero-order valence-electron chi connectivity index (χ0n) is 11.9. The van der Waals surface area contributed by atoms with E-state index in [1.165, 1.54) is 24.2 Å². The summed E-state index contributed by atoms with van der Waals surface area (Å²) in [6.45, 7) is 0. The lowest BCUT2D eigenvalue weighted by Crippen LogP contribution is -1.98. The Kier molecular flexibility index (Phi) is 3.48. The number of halogens is 1. The molecule has 2 N–H and O–H groups in total. The zero-order chi connectivity index (χ0) is 15.8. The highest BCUT2D eigenvalue weighted by Crippen LogP contribution is 2.39. The van der Waals surface area contributed by atoms with Crippen LogP contribution >= 0.6 is 22.9 Å². The third-order valence-electron chi connectivity index (χ3n) is 3.54. The summed E-state index contributed by atoms with van der Waals surface area (Å²) in [7, 11) is 0. The van der Waals surface area contributed by atoms with Gasteiger partial charge in [0.1, 0.15) is 16.0 Å². The molecule has 0 saturated heterocycles. The second kappa shape index (κ2) is 5.65. The van der Waals surface area contributed by atoms with E-state index in [-0.39, 0.29) is 0 Å². The highest BCUT2D eigenvalue weighted by atomic mass is 35.5. The van der Waals surface area contributed by atoms with Crippen molar-refractivity contribution in [1.82, 2.24) is 20.2 Å². The Morgan fingerprint density at radius 3 is 3.00 bits per heavy atom. The Hall–Kier alpha value is -2.43. The molecular weight excluding hydrogens is 332 g/mol. The number of nitrogens with one attached hydrogen (secondary N) is 2. The molecule has 0 amide bonds. The van der Waals surface area contributed by atoms with Gasteiger partial charge in [0.25, 0.3) is 0 Å². The smallest absolute Gasteiger partial charge is 0.171 e. The molecule has 0 bridgehead atoms. The molecule has 1 saturated carbocycles. The fourth-order valence-corrected chi connectivity index (χ4v) is 3.10. The maximum atomic E-state index is 8.92. The van der Waals surface area contributed by atoms with Crippen molar-refractivity contribution in [3.8, 4) is 16.8 Å². The van der Waals surface area contributed by atoms with Crippen LogP contribution in [0.3, 0.4) is 0 Å². The number of H-pyrrole nitrogens is 1. The zero-order valence-corrected chi connectivity index (χ0v) is 13.4. The van der Waals surface area contributed by atoms with Crippen LogP contribution in [-0.2, 0) is 0 Å². The number of rotatable bonds is 4. The van der Waals surface area contributed by atoms with Crippen LogP contribution in [-0.4, -0.2) is 20.2 Å². The van der Waals surface area contributed by atoms with Crippen LogP contribution in [0.4, 0.5) is 11.6 Å². The minimum atomic E-state index is 0.418. The van der Waals surface area contributed by atoms with Gasteiger partial charge in [-0.05, 0) is 25.0 Å². The van der Waals surface area contributed by atoms with E-state index in [0.29, 0.717) is 33.3 Å². The van der Waals surface area contributed by atoms with Gasteiger partial charge in [-0.15, -0.1) is 11.3 Å². The molecule has 0 aromatic carbocycles. The molecule has 1 aliphatic rings. The molecule has 4 rings (SSSR count). The molecule has 3 aromatic rings. The van der Waals surface area contributed by atoms with Gasteiger partial charge in [-0.25, -0.2) is 9.97 Å². The van der Waals surface area contributed by atoms with Crippen LogP contribution in [0.5, 0.6) is 0 Å². The number of thiophene rings is 1. The van der Waals surface area contributed by atoms with Crippen LogP contribution in [0.2, 0.25) is 5.02 Å². The Labute approximate surface area is 141 Å². The van der Waals surface area contributed by atoms with Gasteiger partial charge in [-0.3, -0.25) is 5.10 Å². The summed E-state index contributed by atoms with van der Waals surface area (Å²) in [4.78, 5) is 10.1. The fourth-order valence-electron chi connectivity index (χ4n) is 2.22. The van der Waals surface area contributed by atoms with Crippen LogP contribution in [0.1, 0.15) is 29.3 Å². The minimum Gasteiger partial charge on any atom is -0.322 e. The first-order valence-corrected chi connectivity index (χ1v) is 8.27. The average Bonchev–Trinajstić information content (AvgIpc) is 3.11. The molecule has 1 fully saturated rings. The molecule has 114 valence electrons. The van der Waals surface area contributed by atoms with E-state index >= 15 is 0 Å². The SMILES string of the molecule is N#Cc1ccc(-c2ncc(Cl)c(Nc3cc(C4CC4)[nH]n3)n2)s1. The first-order chi connectivity index (χ1) is 11.2. The van der Waals surface area contributed by atoms with E-state index in [4.69, 9.17) is 16.9 Å². The summed E-state index contributed by atoms with van der Waals surface area (Å²) in [6, 6.07) is 7.67. The van der Waals surface area contributed by atoms with Gasteiger partial charge in [-0.2, -0.15) is 10.4 Å². The minimum absolute atomic E-state index is 0.418. The highest BCUT2D eigenvalue weighted by Gasteiger charge is 2.25. The monoisotopic (exact) mass is 342 g/mol. The maximum Gasteiger partial charge on any atom is 0.171 e. The molecule has 0 aliphatic heterocycles. The van der Waals surface area contributed by atoms with E-state index in [1.54, 1.807) is 12.3 Å². The standard InChI is InChI=1S/C15H11ClN6S/c16-10-7-18-15(12-4-3-9(6-17)23-12)20-14(10)19-13-5-11(21-22-13)8-1-2-8/h3-5,7-8H,1-2H2,(H2,18,19,20,21,22). The van der Waals surface area contributed by atoms with Gasteiger partial charge < -0.3 is 5.32 Å². The molecule has 6 nitrogen and oxygen atoms in total. The normalized spacial score (nSPS) is 13.7. The number of nitriles is 1. The van der Waals surface area contributed by atoms with Gasteiger partial charge in [0, 0.05) is 17.7 Å². The molecule has 3 aromatic heterocycles. The van der Waals surface area contributed by atoms with Crippen molar-refractivity contribution in [3.63, 3.8) is 0 Å². The van der Waals surface area contributed by atoms with Gasteiger partial charge in [-0.1, -0.05) is 11.6 Å². The summed E-state index contributed by atoms with van der Waals surface area (Å²) in [5.74, 6) is 2.31. The first kappa shape index (κ1) is 14.2. The lowest BCUT2D eigenvalue weighted by Gasteiger charge is -2.05. The third kappa shape index (κ3) is 2.91. The largest absolute Gasteiger partial charge is 0.322 e. The summed E-state index contributed by atoms with van der Waals surface area (Å²) in [5.41, 5.74) is 1.13. The molecular formula is C15H11ClN6S. The second-order valence-electron chi connectivity index (χ2n) is 5.27. The summed E-state index contributed by atoms with van der Waals surface area (Å²) in [6.07, 6.45) is 3.96. The maximum absolute atomic E-state index is 8.92. The number of nitrogens with zero attached hydrogens (tertiary/aromatic N) is 4. The van der Waals surface area contributed by atoms with Crippen molar-refractivity contribution in [3.05, 3.63) is 40.0 Å². The summed E-state index contributed by atoms with van der Waals surface area (Å²) < 4.78 is 0. The van der Waals surface area contributed by atoms with Crippen LogP contribution in [0, 0.1) is 11.3 Å². The molecule has 0 atom stereocenters. The average molecular weight is 343 g/mol. The fraction of sp³-hybridized carbons (Fsp3) is 0.200. The molecule has 0 unspecified atom stereocenters. The van der Waals surface area contributed by atoms with Crippen LogP contribution in [0.25, 0.3) is 10.7 Å². The van der Waals surface area contributed by atoms with Crippen molar-refractivity contribution >= 4 is 34.6 Å². The lowest BCUT2D eigenvalue weighted by molar-refractivity contribution is 0.966. The van der Waals surface area contributed by atoms with E-state index in [1.807, 2.05) is 12.1 Å². The van der Waals surface area contributed by atoms with Gasteiger partial charge in [0.15, 0.2) is 17.5 Å². The van der Waals surface area contributed by atoms with Crippen molar-refractivity contribution in [2.75, 3.05) is 5.32 Å². The summed E-state index contributed by atoms with van der Waals surface area (Å²) in [5, 5.41) is 19.7. The number of aromatic amines is 1. The number of aromatic nitrogens is 4. The Balaban J connectivity index is 1.62. The lowest BCUT2D eigenvalue weighted by atomic mass is 10.3. The Morgan fingerprint density at radius 1 is 1.39 bits per heavy atom. The Morgan fingerprint density at radius 2 is 2.26 bits per heavy atom. The van der Waals surface area contributed by atoms with Gasteiger partial charge >= 0.3 is 0 Å². The third-order valence-corrected chi connectivity index (χ3v) is 4.80. The second-order valence-corrected chi connectivity index (χ2v) is 6.76.